The van der Waals surface area contributed by atoms with Crippen LogP contribution in [0.3, 0.4) is 0 Å². The number of aliphatic hydroxyl groups excluding tert-OH is 1. The molecule has 0 amide bonds. The molecule has 1 aromatic carbocycles. The molecule has 0 saturated heterocycles. The van der Waals surface area contributed by atoms with Crippen LogP contribution in [0.2, 0.25) is 0 Å². The minimum Gasteiger partial charge on any atom is -0.493 e. The zero-order valence-electron chi connectivity index (χ0n) is 13.7. The Hall–Kier alpha value is -1.26. The Balaban J connectivity index is 2.68. The topological polar surface area (TPSA) is 50.7 Å². The Morgan fingerprint density at radius 1 is 1.14 bits per heavy atom. The highest BCUT2D eigenvalue weighted by Crippen LogP contribution is 2.31. The molecule has 0 aliphatic carbocycles. The van der Waals surface area contributed by atoms with Crippen LogP contribution in [0, 0.1) is 0 Å². The van der Waals surface area contributed by atoms with Gasteiger partial charge in [-0.05, 0) is 46.1 Å². The van der Waals surface area contributed by atoms with Crippen LogP contribution in [-0.4, -0.2) is 31.0 Å². The number of unbranched alkanes of at least 4 members (excludes halogenated alkanes) is 2. The molecule has 0 spiro atoms. The minimum atomic E-state index is 0.0570. The Labute approximate surface area is 128 Å². The highest BCUT2D eigenvalue weighted by atomic mass is 16.5. The third-order valence-electron chi connectivity index (χ3n) is 3.14. The van der Waals surface area contributed by atoms with Crippen LogP contribution in [0.15, 0.2) is 18.2 Å². The predicted octanol–water partition coefficient (Wildman–Crippen LogP) is 3.12. The van der Waals surface area contributed by atoms with Gasteiger partial charge in [-0.1, -0.05) is 12.1 Å². The average molecular weight is 295 g/mol. The molecule has 0 aliphatic heterocycles. The van der Waals surface area contributed by atoms with E-state index >= 15 is 0 Å². The fourth-order valence-electron chi connectivity index (χ4n) is 1.95. The standard InChI is InChI=1S/C17H29NO3/c1-17(2,3)18-13-14-9-8-10-15(20-4)16(14)21-12-7-5-6-11-19/h8-10,18-19H,5-7,11-13H2,1-4H3. The fourth-order valence-corrected chi connectivity index (χ4v) is 1.95. The van der Waals surface area contributed by atoms with E-state index in [0.717, 1.165) is 42.9 Å². The van der Waals surface area contributed by atoms with Gasteiger partial charge in [0.2, 0.25) is 0 Å². The molecule has 0 heterocycles. The summed E-state index contributed by atoms with van der Waals surface area (Å²) in [4.78, 5) is 0. The molecule has 0 saturated carbocycles. The van der Waals surface area contributed by atoms with Gasteiger partial charge in [-0.15, -0.1) is 0 Å². The maximum Gasteiger partial charge on any atom is 0.165 e. The van der Waals surface area contributed by atoms with Crippen LogP contribution in [-0.2, 0) is 6.54 Å². The predicted molar refractivity (Wildman–Crippen MR) is 86.0 cm³/mol. The van der Waals surface area contributed by atoms with Gasteiger partial charge in [0, 0.05) is 24.3 Å². The summed E-state index contributed by atoms with van der Waals surface area (Å²) in [5.74, 6) is 1.59. The van der Waals surface area contributed by atoms with Crippen molar-refractivity contribution in [3.63, 3.8) is 0 Å². The van der Waals surface area contributed by atoms with Crippen LogP contribution >= 0.6 is 0 Å². The van der Waals surface area contributed by atoms with Gasteiger partial charge in [0.25, 0.3) is 0 Å². The van der Waals surface area contributed by atoms with E-state index in [1.807, 2.05) is 12.1 Å². The first kappa shape index (κ1) is 17.8. The molecule has 4 heteroatoms. The smallest absolute Gasteiger partial charge is 0.165 e. The molecule has 0 unspecified atom stereocenters. The maximum absolute atomic E-state index is 8.79. The largest absolute Gasteiger partial charge is 0.493 e. The molecule has 1 rings (SSSR count). The Morgan fingerprint density at radius 2 is 1.90 bits per heavy atom. The van der Waals surface area contributed by atoms with Gasteiger partial charge in [0.05, 0.1) is 13.7 Å². The quantitative estimate of drug-likeness (QED) is 0.687. The first-order valence-corrected chi connectivity index (χ1v) is 7.62. The van der Waals surface area contributed by atoms with Gasteiger partial charge in [0.1, 0.15) is 0 Å². The van der Waals surface area contributed by atoms with Crippen molar-refractivity contribution < 1.29 is 14.6 Å². The van der Waals surface area contributed by atoms with Crippen molar-refractivity contribution in [2.24, 2.45) is 0 Å². The van der Waals surface area contributed by atoms with Crippen molar-refractivity contribution in [3.8, 4) is 11.5 Å². The lowest BCUT2D eigenvalue weighted by atomic mass is 10.1. The second kappa shape index (κ2) is 8.90. The summed E-state index contributed by atoms with van der Waals surface area (Å²) in [6.45, 7) is 8.05. The van der Waals surface area contributed by atoms with Gasteiger partial charge in [-0.25, -0.2) is 0 Å². The van der Waals surface area contributed by atoms with E-state index in [1.54, 1.807) is 7.11 Å². The van der Waals surface area contributed by atoms with Crippen LogP contribution in [0.5, 0.6) is 11.5 Å². The maximum atomic E-state index is 8.79. The van der Waals surface area contributed by atoms with Crippen molar-refractivity contribution in [1.82, 2.24) is 5.32 Å². The number of nitrogens with one attached hydrogen (secondary N) is 1. The lowest BCUT2D eigenvalue weighted by Gasteiger charge is -2.22. The van der Waals surface area contributed by atoms with Crippen molar-refractivity contribution in [2.75, 3.05) is 20.3 Å². The number of para-hydroxylation sites is 1. The van der Waals surface area contributed by atoms with E-state index < -0.39 is 0 Å². The summed E-state index contributed by atoms with van der Waals surface area (Å²) in [6.07, 6.45) is 2.74. The van der Waals surface area contributed by atoms with Crippen molar-refractivity contribution in [3.05, 3.63) is 23.8 Å². The van der Waals surface area contributed by atoms with E-state index in [0.29, 0.717) is 6.61 Å². The fraction of sp³-hybridized carbons (Fsp3) is 0.647. The first-order valence-electron chi connectivity index (χ1n) is 7.62. The molecule has 0 atom stereocenters. The third kappa shape index (κ3) is 6.82. The number of rotatable bonds is 9. The van der Waals surface area contributed by atoms with Crippen molar-refractivity contribution >= 4 is 0 Å². The van der Waals surface area contributed by atoms with E-state index in [1.165, 1.54) is 0 Å². The van der Waals surface area contributed by atoms with Gasteiger partial charge >= 0.3 is 0 Å². The van der Waals surface area contributed by atoms with E-state index in [-0.39, 0.29) is 12.1 Å². The number of ether oxygens (including phenoxy) is 2. The molecule has 120 valence electrons. The molecule has 1 aromatic rings. The number of hydrogen-bond donors (Lipinski definition) is 2. The molecular weight excluding hydrogens is 266 g/mol. The SMILES string of the molecule is COc1cccc(CNC(C)(C)C)c1OCCCCCO. The van der Waals surface area contributed by atoms with Crippen LogP contribution in [0.25, 0.3) is 0 Å². The third-order valence-corrected chi connectivity index (χ3v) is 3.14. The molecule has 0 radical (unpaired) electrons. The molecule has 0 aliphatic rings. The minimum absolute atomic E-state index is 0.0570. The lowest BCUT2D eigenvalue weighted by molar-refractivity contribution is 0.258. The first-order chi connectivity index (χ1) is 9.98. The highest BCUT2D eigenvalue weighted by Gasteiger charge is 2.14. The van der Waals surface area contributed by atoms with Crippen LogP contribution < -0.4 is 14.8 Å². The second-order valence-corrected chi connectivity index (χ2v) is 6.18. The average Bonchev–Trinajstić information content (AvgIpc) is 2.44. The summed E-state index contributed by atoms with van der Waals surface area (Å²) in [5, 5.41) is 12.3. The van der Waals surface area contributed by atoms with E-state index in [2.05, 4.69) is 32.2 Å². The van der Waals surface area contributed by atoms with Gasteiger partial charge < -0.3 is 19.9 Å². The van der Waals surface area contributed by atoms with Crippen LogP contribution in [0.1, 0.15) is 45.6 Å². The molecule has 0 aromatic heterocycles. The lowest BCUT2D eigenvalue weighted by Crippen LogP contribution is -2.35. The highest BCUT2D eigenvalue weighted by molar-refractivity contribution is 5.46. The molecule has 4 nitrogen and oxygen atoms in total. The van der Waals surface area contributed by atoms with Gasteiger partial charge in [-0.2, -0.15) is 0 Å². The van der Waals surface area contributed by atoms with Gasteiger partial charge in [0.15, 0.2) is 11.5 Å². The Bertz CT molecular complexity index is 413. The summed E-state index contributed by atoms with van der Waals surface area (Å²) < 4.78 is 11.3. The molecule has 2 N–H and O–H groups in total. The zero-order chi connectivity index (χ0) is 15.7. The Morgan fingerprint density at radius 3 is 2.52 bits per heavy atom. The summed E-state index contributed by atoms with van der Waals surface area (Å²) in [5.41, 5.74) is 1.16. The van der Waals surface area contributed by atoms with Crippen molar-refractivity contribution in [2.45, 2.75) is 52.1 Å². The molecule has 0 bridgehead atoms. The monoisotopic (exact) mass is 295 g/mol. The zero-order valence-corrected chi connectivity index (χ0v) is 13.7. The van der Waals surface area contributed by atoms with E-state index in [4.69, 9.17) is 14.6 Å². The Kier molecular flexibility index (Phi) is 7.54. The molecular formula is C17H29NO3. The van der Waals surface area contributed by atoms with Crippen molar-refractivity contribution in [1.29, 1.82) is 0 Å². The van der Waals surface area contributed by atoms with Gasteiger partial charge in [-0.3, -0.25) is 0 Å². The normalized spacial score (nSPS) is 11.5. The van der Waals surface area contributed by atoms with E-state index in [9.17, 15) is 0 Å². The summed E-state index contributed by atoms with van der Waals surface area (Å²) in [7, 11) is 1.66. The van der Waals surface area contributed by atoms with Crippen LogP contribution in [0.4, 0.5) is 0 Å². The number of aliphatic hydroxyl groups is 1. The molecule has 0 fully saturated rings. The molecule has 21 heavy (non-hydrogen) atoms. The summed E-state index contributed by atoms with van der Waals surface area (Å²) in [6, 6.07) is 5.96. The summed E-state index contributed by atoms with van der Waals surface area (Å²) >= 11 is 0. The second-order valence-electron chi connectivity index (χ2n) is 6.18. The number of hydrogen-bond acceptors (Lipinski definition) is 4. The number of methoxy groups -OCH3 is 1. The number of benzene rings is 1.